The minimum atomic E-state index is -0.842. The molecule has 3 amide bonds. The average molecular weight is 410 g/mol. The molecule has 0 unspecified atom stereocenters. The van der Waals surface area contributed by atoms with Gasteiger partial charge in [-0.05, 0) is 55.4 Å². The number of benzene rings is 1. The maximum atomic E-state index is 12.9. The Hall–Kier alpha value is -3.16. The fourth-order valence-electron chi connectivity index (χ4n) is 4.24. The molecule has 1 N–H and O–H groups in total. The highest BCUT2D eigenvalue weighted by Crippen LogP contribution is 2.37. The van der Waals surface area contributed by atoms with Gasteiger partial charge in [0.05, 0.1) is 5.69 Å². The SMILES string of the molecule is CCC1CCC2(CC1)NC(=O)N(CC(=O)OCc1ccc(-n3cccn3)cc1)C2=O. The van der Waals surface area contributed by atoms with Crippen LogP contribution in [0.25, 0.3) is 5.69 Å². The number of hydrogen-bond acceptors (Lipinski definition) is 5. The molecule has 0 bridgehead atoms. The molecule has 1 aliphatic carbocycles. The van der Waals surface area contributed by atoms with E-state index < -0.39 is 17.5 Å². The molecule has 0 radical (unpaired) electrons. The van der Waals surface area contributed by atoms with E-state index in [0.29, 0.717) is 18.8 Å². The molecule has 1 aliphatic heterocycles. The minimum absolute atomic E-state index is 0.0746. The van der Waals surface area contributed by atoms with E-state index >= 15 is 0 Å². The van der Waals surface area contributed by atoms with E-state index in [0.717, 1.165) is 35.4 Å². The van der Waals surface area contributed by atoms with Crippen LogP contribution in [-0.4, -0.2) is 44.7 Å². The van der Waals surface area contributed by atoms with E-state index in [-0.39, 0.29) is 19.1 Å². The third-order valence-corrected chi connectivity index (χ3v) is 6.17. The van der Waals surface area contributed by atoms with Crippen molar-refractivity contribution < 1.29 is 19.1 Å². The molecule has 2 aliphatic rings. The first-order chi connectivity index (χ1) is 14.5. The Morgan fingerprint density at radius 3 is 2.60 bits per heavy atom. The van der Waals surface area contributed by atoms with Gasteiger partial charge in [-0.3, -0.25) is 14.5 Å². The second-order valence-corrected chi connectivity index (χ2v) is 8.03. The number of imide groups is 1. The average Bonchev–Trinajstić information content (AvgIpc) is 3.37. The highest BCUT2D eigenvalue weighted by molar-refractivity contribution is 6.08. The van der Waals surface area contributed by atoms with Crippen molar-refractivity contribution in [2.24, 2.45) is 5.92 Å². The van der Waals surface area contributed by atoms with Gasteiger partial charge in [-0.1, -0.05) is 25.5 Å². The number of amides is 3. The molecule has 1 aromatic carbocycles. The van der Waals surface area contributed by atoms with Gasteiger partial charge in [0, 0.05) is 12.4 Å². The van der Waals surface area contributed by atoms with Crippen LogP contribution < -0.4 is 5.32 Å². The lowest BCUT2D eigenvalue weighted by molar-refractivity contribution is -0.149. The molecule has 2 fully saturated rings. The predicted octanol–water partition coefficient (Wildman–Crippen LogP) is 2.81. The fraction of sp³-hybridized carbons (Fsp3) is 0.455. The summed E-state index contributed by atoms with van der Waals surface area (Å²) in [5, 5.41) is 7.00. The molecule has 1 saturated heterocycles. The van der Waals surface area contributed by atoms with Crippen LogP contribution in [0.4, 0.5) is 4.79 Å². The smallest absolute Gasteiger partial charge is 0.326 e. The normalized spacial score (nSPS) is 23.6. The zero-order valence-corrected chi connectivity index (χ0v) is 17.0. The lowest BCUT2D eigenvalue weighted by Gasteiger charge is -2.34. The number of nitrogens with zero attached hydrogens (tertiary/aromatic N) is 3. The summed E-state index contributed by atoms with van der Waals surface area (Å²) in [6.45, 7) is 1.85. The Bertz CT molecular complexity index is 915. The van der Waals surface area contributed by atoms with Crippen LogP contribution in [0.5, 0.6) is 0 Å². The first-order valence-electron chi connectivity index (χ1n) is 10.4. The topological polar surface area (TPSA) is 93.5 Å². The summed E-state index contributed by atoms with van der Waals surface area (Å²) in [5.74, 6) is -0.310. The summed E-state index contributed by atoms with van der Waals surface area (Å²) < 4.78 is 7.03. The molecule has 2 heterocycles. The third kappa shape index (κ3) is 3.94. The van der Waals surface area contributed by atoms with Crippen LogP contribution in [0.3, 0.4) is 0 Å². The molecule has 8 heteroatoms. The molecular formula is C22H26N4O4. The van der Waals surface area contributed by atoms with Crippen molar-refractivity contribution in [3.8, 4) is 5.69 Å². The van der Waals surface area contributed by atoms with Crippen LogP contribution in [0, 0.1) is 5.92 Å². The zero-order valence-electron chi connectivity index (χ0n) is 17.0. The van der Waals surface area contributed by atoms with E-state index in [1.54, 1.807) is 10.9 Å². The van der Waals surface area contributed by atoms with E-state index in [4.69, 9.17) is 4.74 Å². The summed E-state index contributed by atoms with van der Waals surface area (Å²) in [5.41, 5.74) is 0.870. The van der Waals surface area contributed by atoms with Crippen molar-refractivity contribution in [2.45, 2.75) is 51.2 Å². The maximum Gasteiger partial charge on any atom is 0.326 e. The van der Waals surface area contributed by atoms with Crippen molar-refractivity contribution in [1.29, 1.82) is 0 Å². The molecular weight excluding hydrogens is 384 g/mol. The fourth-order valence-corrected chi connectivity index (χ4v) is 4.24. The number of hydrogen-bond donors (Lipinski definition) is 1. The van der Waals surface area contributed by atoms with E-state index in [2.05, 4.69) is 17.3 Å². The number of rotatable bonds is 6. The van der Waals surface area contributed by atoms with E-state index in [9.17, 15) is 14.4 Å². The summed E-state index contributed by atoms with van der Waals surface area (Å²) in [6.07, 6.45) is 7.70. The van der Waals surface area contributed by atoms with Crippen LogP contribution in [-0.2, 0) is 20.9 Å². The second kappa shape index (κ2) is 8.30. The third-order valence-electron chi connectivity index (χ3n) is 6.17. The molecule has 4 rings (SSSR count). The van der Waals surface area contributed by atoms with Gasteiger partial charge in [-0.2, -0.15) is 5.10 Å². The number of ether oxygens (including phenoxy) is 1. The molecule has 8 nitrogen and oxygen atoms in total. The van der Waals surface area contributed by atoms with Gasteiger partial charge < -0.3 is 10.1 Å². The van der Waals surface area contributed by atoms with E-state index in [1.807, 2.05) is 36.5 Å². The Morgan fingerprint density at radius 1 is 1.23 bits per heavy atom. The lowest BCUT2D eigenvalue weighted by atomic mass is 9.75. The number of aromatic nitrogens is 2. The van der Waals surface area contributed by atoms with Gasteiger partial charge in [0.2, 0.25) is 0 Å². The highest BCUT2D eigenvalue weighted by atomic mass is 16.5. The van der Waals surface area contributed by atoms with Gasteiger partial charge in [-0.15, -0.1) is 0 Å². The van der Waals surface area contributed by atoms with Gasteiger partial charge >= 0.3 is 12.0 Å². The molecule has 1 aromatic heterocycles. The summed E-state index contributed by atoms with van der Waals surface area (Å²) >= 11 is 0. The van der Waals surface area contributed by atoms with Crippen molar-refractivity contribution in [3.63, 3.8) is 0 Å². The Morgan fingerprint density at radius 2 is 1.97 bits per heavy atom. The van der Waals surface area contributed by atoms with Crippen LogP contribution >= 0.6 is 0 Å². The Kier molecular flexibility index (Phi) is 5.57. The van der Waals surface area contributed by atoms with Crippen molar-refractivity contribution in [2.75, 3.05) is 6.54 Å². The van der Waals surface area contributed by atoms with E-state index in [1.165, 1.54) is 0 Å². The second-order valence-electron chi connectivity index (χ2n) is 8.03. The molecule has 2 aromatic rings. The standard InChI is InChI=1S/C22H26N4O4/c1-2-16-8-10-22(11-9-16)20(28)25(21(29)24-22)14-19(27)30-15-17-4-6-18(7-5-17)26-13-3-12-23-26/h3-7,12-13,16H,2,8-11,14-15H2,1H3,(H,24,29). The van der Waals surface area contributed by atoms with Crippen molar-refractivity contribution >= 4 is 17.9 Å². The van der Waals surface area contributed by atoms with Gasteiger partial charge in [0.25, 0.3) is 5.91 Å². The molecule has 158 valence electrons. The number of carbonyl (C=O) groups excluding carboxylic acids is 3. The first kappa shape index (κ1) is 20.1. The number of carbonyl (C=O) groups is 3. The first-order valence-corrected chi connectivity index (χ1v) is 10.4. The number of esters is 1. The highest BCUT2D eigenvalue weighted by Gasteiger charge is 2.52. The molecule has 1 saturated carbocycles. The lowest BCUT2D eigenvalue weighted by Crippen LogP contribution is -2.49. The monoisotopic (exact) mass is 410 g/mol. The molecule has 1 spiro atoms. The number of nitrogens with one attached hydrogen (secondary N) is 1. The minimum Gasteiger partial charge on any atom is -0.459 e. The summed E-state index contributed by atoms with van der Waals surface area (Å²) in [7, 11) is 0. The van der Waals surface area contributed by atoms with Crippen LogP contribution in [0.1, 0.15) is 44.6 Å². The van der Waals surface area contributed by atoms with Crippen molar-refractivity contribution in [1.82, 2.24) is 20.0 Å². The van der Waals surface area contributed by atoms with Crippen LogP contribution in [0.2, 0.25) is 0 Å². The largest absolute Gasteiger partial charge is 0.459 e. The van der Waals surface area contributed by atoms with Gasteiger partial charge in [-0.25, -0.2) is 9.48 Å². The van der Waals surface area contributed by atoms with Gasteiger partial charge in [0.15, 0.2) is 0 Å². The zero-order chi connectivity index (χ0) is 21.1. The Balaban J connectivity index is 1.31. The predicted molar refractivity (Wildman–Crippen MR) is 109 cm³/mol. The molecule has 30 heavy (non-hydrogen) atoms. The molecule has 0 atom stereocenters. The summed E-state index contributed by atoms with van der Waals surface area (Å²) in [6, 6.07) is 8.78. The quantitative estimate of drug-likeness (QED) is 0.584. The Labute approximate surface area is 175 Å². The van der Waals surface area contributed by atoms with Crippen LogP contribution in [0.15, 0.2) is 42.7 Å². The van der Waals surface area contributed by atoms with Crippen molar-refractivity contribution in [3.05, 3.63) is 48.3 Å². The maximum absolute atomic E-state index is 12.9. The summed E-state index contributed by atoms with van der Waals surface area (Å²) in [4.78, 5) is 38.5. The van der Waals surface area contributed by atoms with Gasteiger partial charge in [0.1, 0.15) is 18.7 Å². The number of urea groups is 1.